The van der Waals surface area contributed by atoms with Gasteiger partial charge in [0.1, 0.15) is 9.84 Å². The Morgan fingerprint density at radius 2 is 2.00 bits per heavy atom. The van der Waals surface area contributed by atoms with E-state index in [0.717, 1.165) is 16.5 Å². The molecule has 0 aliphatic carbocycles. The number of para-hydroxylation sites is 1. The van der Waals surface area contributed by atoms with Crippen LogP contribution in [0, 0.1) is 0 Å². The molecule has 0 amide bonds. The SMILES string of the molecule is CS(=O)(=O)CCn1cc(CCCC(=O)O)c2ccccc21. The molecule has 21 heavy (non-hydrogen) atoms. The molecular formula is C15H19NO4S. The van der Waals surface area contributed by atoms with Crippen molar-refractivity contribution in [3.63, 3.8) is 0 Å². The van der Waals surface area contributed by atoms with Crippen LogP contribution in [0.5, 0.6) is 0 Å². The molecule has 0 saturated heterocycles. The van der Waals surface area contributed by atoms with Crippen LogP contribution in [0.1, 0.15) is 18.4 Å². The lowest BCUT2D eigenvalue weighted by atomic mass is 10.1. The third-order valence-corrected chi connectivity index (χ3v) is 4.33. The first-order chi connectivity index (χ1) is 9.87. The van der Waals surface area contributed by atoms with Gasteiger partial charge in [-0.15, -0.1) is 0 Å². The molecule has 1 heterocycles. The molecule has 114 valence electrons. The molecule has 1 aromatic carbocycles. The van der Waals surface area contributed by atoms with Crippen LogP contribution in [0.3, 0.4) is 0 Å². The zero-order chi connectivity index (χ0) is 15.5. The average molecular weight is 309 g/mol. The topological polar surface area (TPSA) is 76.4 Å². The van der Waals surface area contributed by atoms with E-state index in [1.54, 1.807) is 0 Å². The Balaban J connectivity index is 2.23. The van der Waals surface area contributed by atoms with E-state index in [4.69, 9.17) is 5.11 Å². The summed E-state index contributed by atoms with van der Waals surface area (Å²) in [6.07, 6.45) is 4.57. The van der Waals surface area contributed by atoms with Gasteiger partial charge in [-0.1, -0.05) is 18.2 Å². The van der Waals surface area contributed by atoms with Gasteiger partial charge < -0.3 is 9.67 Å². The van der Waals surface area contributed by atoms with Crippen molar-refractivity contribution in [3.05, 3.63) is 36.0 Å². The molecule has 5 nitrogen and oxygen atoms in total. The molecule has 0 unspecified atom stereocenters. The van der Waals surface area contributed by atoms with Crippen molar-refractivity contribution in [2.45, 2.75) is 25.8 Å². The molecule has 2 aromatic rings. The summed E-state index contributed by atoms with van der Waals surface area (Å²) < 4.78 is 24.6. The number of carboxylic acid groups (broad SMARTS) is 1. The van der Waals surface area contributed by atoms with Crippen molar-refractivity contribution >= 4 is 26.7 Å². The number of hydrogen-bond acceptors (Lipinski definition) is 3. The van der Waals surface area contributed by atoms with Crippen molar-refractivity contribution in [2.24, 2.45) is 0 Å². The fourth-order valence-electron chi connectivity index (χ4n) is 2.40. The van der Waals surface area contributed by atoms with Crippen molar-refractivity contribution in [2.75, 3.05) is 12.0 Å². The van der Waals surface area contributed by atoms with E-state index in [-0.39, 0.29) is 12.2 Å². The second-order valence-corrected chi connectivity index (χ2v) is 7.50. The third-order valence-electron chi connectivity index (χ3n) is 3.41. The first kappa shape index (κ1) is 15.6. The molecule has 0 bridgehead atoms. The second-order valence-electron chi connectivity index (χ2n) is 5.24. The highest BCUT2D eigenvalue weighted by atomic mass is 32.2. The van der Waals surface area contributed by atoms with Crippen LogP contribution in [0.2, 0.25) is 0 Å². The number of fused-ring (bicyclic) bond motifs is 1. The van der Waals surface area contributed by atoms with Gasteiger partial charge in [-0.05, 0) is 24.5 Å². The van der Waals surface area contributed by atoms with E-state index in [2.05, 4.69) is 0 Å². The zero-order valence-electron chi connectivity index (χ0n) is 11.9. The monoisotopic (exact) mass is 309 g/mol. The smallest absolute Gasteiger partial charge is 0.303 e. The summed E-state index contributed by atoms with van der Waals surface area (Å²) in [5.41, 5.74) is 2.06. The van der Waals surface area contributed by atoms with Crippen LogP contribution in [0.4, 0.5) is 0 Å². The Labute approximate surface area is 124 Å². The molecular weight excluding hydrogens is 290 g/mol. The van der Waals surface area contributed by atoms with Crippen molar-refractivity contribution in [1.82, 2.24) is 4.57 Å². The van der Waals surface area contributed by atoms with E-state index in [9.17, 15) is 13.2 Å². The quantitative estimate of drug-likeness (QED) is 0.849. The maximum Gasteiger partial charge on any atom is 0.303 e. The van der Waals surface area contributed by atoms with Crippen LogP contribution >= 0.6 is 0 Å². The summed E-state index contributed by atoms with van der Waals surface area (Å²) in [6, 6.07) is 7.80. The van der Waals surface area contributed by atoms with Crippen LogP contribution in [-0.4, -0.2) is 36.1 Å². The van der Waals surface area contributed by atoms with Crippen molar-refractivity contribution < 1.29 is 18.3 Å². The number of aromatic nitrogens is 1. The van der Waals surface area contributed by atoms with Gasteiger partial charge in [0, 0.05) is 36.3 Å². The number of carboxylic acids is 1. The normalized spacial score (nSPS) is 11.9. The van der Waals surface area contributed by atoms with Gasteiger partial charge in [0.25, 0.3) is 0 Å². The number of aliphatic carboxylic acids is 1. The largest absolute Gasteiger partial charge is 0.481 e. The molecule has 0 radical (unpaired) electrons. The molecule has 0 fully saturated rings. The lowest BCUT2D eigenvalue weighted by Gasteiger charge is -2.03. The standard InChI is InChI=1S/C15H19NO4S/c1-21(19,20)10-9-16-11-12(5-4-8-15(17)18)13-6-2-3-7-14(13)16/h2-3,6-7,11H,4-5,8-10H2,1H3,(H,17,18). The number of sulfone groups is 1. The Hall–Kier alpha value is -1.82. The first-order valence-electron chi connectivity index (χ1n) is 6.83. The lowest BCUT2D eigenvalue weighted by Crippen LogP contribution is -2.10. The number of carbonyl (C=O) groups is 1. The highest BCUT2D eigenvalue weighted by molar-refractivity contribution is 7.90. The van der Waals surface area contributed by atoms with E-state index in [0.29, 0.717) is 19.4 Å². The van der Waals surface area contributed by atoms with E-state index in [1.807, 2.05) is 35.0 Å². The van der Waals surface area contributed by atoms with Crippen LogP contribution < -0.4 is 0 Å². The summed E-state index contributed by atoms with van der Waals surface area (Å²) in [5.74, 6) is -0.698. The Morgan fingerprint density at radius 3 is 2.67 bits per heavy atom. The van der Waals surface area contributed by atoms with Crippen molar-refractivity contribution in [1.29, 1.82) is 0 Å². The first-order valence-corrected chi connectivity index (χ1v) is 8.89. The Morgan fingerprint density at radius 1 is 1.29 bits per heavy atom. The zero-order valence-corrected chi connectivity index (χ0v) is 12.8. The number of benzene rings is 1. The van der Waals surface area contributed by atoms with E-state index < -0.39 is 15.8 Å². The van der Waals surface area contributed by atoms with Gasteiger partial charge in [-0.3, -0.25) is 4.79 Å². The van der Waals surface area contributed by atoms with Crippen LogP contribution in [0.25, 0.3) is 10.9 Å². The van der Waals surface area contributed by atoms with Gasteiger partial charge in [-0.2, -0.15) is 0 Å². The predicted octanol–water partition coefficient (Wildman–Crippen LogP) is 2.09. The second kappa shape index (κ2) is 6.30. The van der Waals surface area contributed by atoms with Crippen molar-refractivity contribution in [3.8, 4) is 0 Å². The molecule has 1 aromatic heterocycles. The number of aryl methyl sites for hydroxylation is 2. The molecule has 1 N–H and O–H groups in total. The minimum atomic E-state index is -3.01. The predicted molar refractivity (Wildman–Crippen MR) is 82.2 cm³/mol. The molecule has 0 spiro atoms. The molecule has 0 aliphatic heterocycles. The summed E-state index contributed by atoms with van der Waals surface area (Å²) >= 11 is 0. The Bertz CT molecular complexity index is 746. The maximum absolute atomic E-state index is 11.3. The lowest BCUT2D eigenvalue weighted by molar-refractivity contribution is -0.137. The summed E-state index contributed by atoms with van der Waals surface area (Å²) in [7, 11) is -3.01. The average Bonchev–Trinajstić information content (AvgIpc) is 2.74. The van der Waals surface area contributed by atoms with Gasteiger partial charge >= 0.3 is 5.97 Å². The molecule has 2 rings (SSSR count). The minimum Gasteiger partial charge on any atom is -0.481 e. The van der Waals surface area contributed by atoms with E-state index >= 15 is 0 Å². The highest BCUT2D eigenvalue weighted by Gasteiger charge is 2.10. The Kier molecular flexibility index (Phi) is 4.67. The minimum absolute atomic E-state index is 0.0975. The molecule has 0 atom stereocenters. The summed E-state index contributed by atoms with van der Waals surface area (Å²) in [5, 5.41) is 9.78. The third kappa shape index (κ3) is 4.32. The van der Waals surface area contributed by atoms with Gasteiger partial charge in [0.15, 0.2) is 0 Å². The van der Waals surface area contributed by atoms with Crippen LogP contribution in [0.15, 0.2) is 30.5 Å². The number of rotatable bonds is 7. The van der Waals surface area contributed by atoms with Crippen LogP contribution in [-0.2, 0) is 27.6 Å². The molecule has 0 aliphatic rings. The maximum atomic E-state index is 11.3. The van der Waals surface area contributed by atoms with Gasteiger partial charge in [-0.25, -0.2) is 8.42 Å². The molecule has 6 heteroatoms. The highest BCUT2D eigenvalue weighted by Crippen LogP contribution is 2.23. The fraction of sp³-hybridized carbons (Fsp3) is 0.400. The van der Waals surface area contributed by atoms with Gasteiger partial charge in [0.2, 0.25) is 0 Å². The van der Waals surface area contributed by atoms with E-state index in [1.165, 1.54) is 6.26 Å². The number of nitrogens with zero attached hydrogens (tertiary/aromatic N) is 1. The number of hydrogen-bond donors (Lipinski definition) is 1. The fourth-order valence-corrected chi connectivity index (χ4v) is 2.93. The summed E-state index contributed by atoms with van der Waals surface area (Å²) in [6.45, 7) is 0.415. The van der Waals surface area contributed by atoms with Gasteiger partial charge in [0.05, 0.1) is 5.75 Å². The molecule has 0 saturated carbocycles. The summed E-state index contributed by atoms with van der Waals surface area (Å²) in [4.78, 5) is 10.6.